The van der Waals surface area contributed by atoms with Crippen LogP contribution in [0.15, 0.2) is 148 Å². The summed E-state index contributed by atoms with van der Waals surface area (Å²) in [5.41, 5.74) is 19.8. The van der Waals surface area contributed by atoms with E-state index >= 15 is 0 Å². The van der Waals surface area contributed by atoms with Crippen LogP contribution >= 0.6 is 23.2 Å². The van der Waals surface area contributed by atoms with Gasteiger partial charge in [0.05, 0.1) is 103 Å². The smallest absolute Gasteiger partial charge is 0.213 e. The Morgan fingerprint density at radius 2 is 0.727 bits per heavy atom. The van der Waals surface area contributed by atoms with Crippen LogP contribution in [-0.2, 0) is 39.3 Å². The number of H-pyrrole nitrogens is 6. The summed E-state index contributed by atoms with van der Waals surface area (Å²) in [6.07, 6.45) is 33.2. The number of hydrogen-bond acceptors (Lipinski definition) is 20. The highest BCUT2D eigenvalue weighted by molar-refractivity contribution is 6.33. The van der Waals surface area contributed by atoms with E-state index in [2.05, 4.69) is 204 Å². The van der Waals surface area contributed by atoms with Crippen molar-refractivity contribution >= 4 is 23.2 Å². The largest absolute Gasteiger partial charge is 0.481 e. The Labute approximate surface area is 657 Å². The van der Waals surface area contributed by atoms with Crippen molar-refractivity contribution in [3.63, 3.8) is 0 Å². The van der Waals surface area contributed by atoms with Gasteiger partial charge in [-0.1, -0.05) is 64.7 Å². The molecule has 12 rings (SSSR count). The number of ether oxygens (including phenoxy) is 2. The topological polar surface area (TPSA) is 287 Å². The number of rotatable bonds is 32. The van der Waals surface area contributed by atoms with Crippen LogP contribution in [0.1, 0.15) is 119 Å². The third kappa shape index (κ3) is 27.9. The Bertz CT molecular complexity index is 4440. The molecule has 0 unspecified atom stereocenters. The number of nitrogens with zero attached hydrogens (tertiary/aromatic N) is 18. The minimum Gasteiger partial charge on any atom is -0.481 e. The van der Waals surface area contributed by atoms with Crippen molar-refractivity contribution in [2.24, 2.45) is 0 Å². The van der Waals surface area contributed by atoms with Crippen LogP contribution < -0.4 is 9.47 Å². The van der Waals surface area contributed by atoms with Crippen molar-refractivity contribution in [1.82, 2.24) is 120 Å². The maximum atomic E-state index is 13.2. The van der Waals surface area contributed by atoms with Gasteiger partial charge in [-0.05, 0) is 175 Å². The summed E-state index contributed by atoms with van der Waals surface area (Å²) in [4.78, 5) is 38.1. The second-order valence-electron chi connectivity index (χ2n) is 27.0. The minimum absolute atomic E-state index is 0.338. The van der Waals surface area contributed by atoms with Gasteiger partial charge in [0.1, 0.15) is 11.0 Å². The van der Waals surface area contributed by atoms with E-state index < -0.39 is 0 Å². The standard InChI is InChI=1S/C14H19ClN4O.C14H19ClN4.C14H20N4O.C13H17FN4.2C13H18N4/c1-4-5-19(2)9-10-7-17-18-14(10)11-6-13(20-3)16-8-12(11)15;1-4-5-19(3)9-12-8-17-18-13(12)11-6-10(2)14(15)16-7-11;1-4-7-18(2)10-12-9-16-17-14(12)11-5-6-15-13(8-11)19-3;1-3-4-18(2)9-11-7-16-17-13(11)10-5-12(14)8-15-6-10;1-3-8-17(2)10-12-9-15-16-13(12)11-4-6-14-7-5-11;1-3-7-17(2)10-12-9-15-16-13(12)11-5-4-6-14-8-11/h6-8H,4-5,9H2,1-3H3,(H,17,18);6-8H,4-5,9H2,1-3H3,(H,17,18);5-6,8-9H,4,7,10H2,1-3H3,(H,16,17);5-8H,3-4,9H2,1-2H3,(H,16,17);4-7,9H,3,8,10H2,1-2H3,(H,15,16);4-6,8-9H,3,7,10H2,1-2H3,(H,15,16). The zero-order chi connectivity index (χ0) is 79.2. The predicted octanol–water partition coefficient (Wildman–Crippen LogP) is 15.7. The lowest BCUT2D eigenvalue weighted by molar-refractivity contribution is 0.328. The molecule has 0 spiro atoms. The fourth-order valence-electron chi connectivity index (χ4n) is 12.3. The van der Waals surface area contributed by atoms with E-state index in [1.54, 1.807) is 63.8 Å². The first-order valence-corrected chi connectivity index (χ1v) is 38.1. The number of halogens is 3. The summed E-state index contributed by atoms with van der Waals surface area (Å²) in [6.45, 7) is 26.6. The van der Waals surface area contributed by atoms with E-state index in [9.17, 15) is 4.39 Å². The first-order valence-electron chi connectivity index (χ1n) is 37.3. The van der Waals surface area contributed by atoms with Crippen molar-refractivity contribution in [2.45, 2.75) is 126 Å². The normalized spacial score (nSPS) is 11.1. The summed E-state index contributed by atoms with van der Waals surface area (Å²) in [6, 6.07) is 17.2. The zero-order valence-corrected chi connectivity index (χ0v) is 68.1. The first-order chi connectivity index (χ1) is 53.3. The maximum Gasteiger partial charge on any atom is 0.213 e. The van der Waals surface area contributed by atoms with Gasteiger partial charge in [-0.15, -0.1) is 0 Å². The average molecular weight is 1540 g/mol. The minimum atomic E-state index is -0.338. The molecule has 0 bridgehead atoms. The number of hydrogen-bond donors (Lipinski definition) is 6. The van der Waals surface area contributed by atoms with E-state index in [1.807, 2.05) is 92.6 Å². The molecular weight excluding hydrogens is 1430 g/mol. The number of aryl methyl sites for hydroxylation is 1. The summed E-state index contributed by atoms with van der Waals surface area (Å²) >= 11 is 12.2. The molecule has 26 nitrogen and oxygen atoms in total. The van der Waals surface area contributed by atoms with Crippen LogP contribution in [0.2, 0.25) is 10.2 Å². The molecule has 0 aliphatic rings. The lowest BCUT2D eigenvalue weighted by atomic mass is 10.1. The predicted molar refractivity (Wildman–Crippen MR) is 438 cm³/mol. The molecule has 0 saturated heterocycles. The van der Waals surface area contributed by atoms with E-state index in [0.29, 0.717) is 21.9 Å². The van der Waals surface area contributed by atoms with Crippen LogP contribution in [0, 0.1) is 12.7 Å². The van der Waals surface area contributed by atoms with Gasteiger partial charge < -0.3 is 38.9 Å². The van der Waals surface area contributed by atoms with Crippen molar-refractivity contribution in [2.75, 3.05) is 95.8 Å². The molecule has 0 aliphatic heterocycles. The Morgan fingerprint density at radius 1 is 0.355 bits per heavy atom. The van der Waals surface area contributed by atoms with Gasteiger partial charge in [-0.25, -0.2) is 19.3 Å². The molecular formula is C81H111Cl2FN24O2. The number of aromatic amines is 6. The van der Waals surface area contributed by atoms with Gasteiger partial charge in [-0.2, -0.15) is 30.6 Å². The third-order valence-corrected chi connectivity index (χ3v) is 18.0. The monoisotopic (exact) mass is 1540 g/mol. The Kier molecular flexibility index (Phi) is 37.4. The highest BCUT2D eigenvalue weighted by Crippen LogP contribution is 2.33. The first kappa shape index (κ1) is 87.3. The van der Waals surface area contributed by atoms with Gasteiger partial charge in [0.25, 0.3) is 0 Å². The maximum absolute atomic E-state index is 13.2. The summed E-state index contributed by atoms with van der Waals surface area (Å²) in [7, 11) is 15.9. The molecule has 0 aromatic carbocycles. The van der Waals surface area contributed by atoms with Crippen LogP contribution in [0.4, 0.5) is 4.39 Å². The summed E-state index contributed by atoms with van der Waals surface area (Å²) < 4.78 is 23.5. The molecule has 588 valence electrons. The van der Waals surface area contributed by atoms with Crippen LogP contribution in [0.5, 0.6) is 11.8 Å². The van der Waals surface area contributed by atoms with Crippen LogP contribution in [-0.4, -0.2) is 216 Å². The lowest BCUT2D eigenvalue weighted by Crippen LogP contribution is -2.18. The van der Waals surface area contributed by atoms with Crippen molar-refractivity contribution in [1.29, 1.82) is 0 Å². The van der Waals surface area contributed by atoms with Crippen molar-refractivity contribution in [3.8, 4) is 79.3 Å². The Hall–Kier alpha value is -9.97. The van der Waals surface area contributed by atoms with Crippen molar-refractivity contribution < 1.29 is 13.9 Å². The fraction of sp³-hybridized carbons (Fsp3) is 0.407. The van der Waals surface area contributed by atoms with E-state index in [1.165, 1.54) is 40.9 Å². The highest BCUT2D eigenvalue weighted by Gasteiger charge is 2.18. The quantitative estimate of drug-likeness (QED) is 0.0214. The lowest BCUT2D eigenvalue weighted by Gasteiger charge is -2.15. The molecule has 0 aliphatic carbocycles. The molecule has 0 atom stereocenters. The molecule has 110 heavy (non-hydrogen) atoms. The molecule has 0 saturated carbocycles. The van der Waals surface area contributed by atoms with E-state index in [-0.39, 0.29) is 5.82 Å². The fourth-order valence-corrected chi connectivity index (χ4v) is 12.6. The van der Waals surface area contributed by atoms with Gasteiger partial charge >= 0.3 is 0 Å². The second kappa shape index (κ2) is 47.2. The highest BCUT2D eigenvalue weighted by atomic mass is 35.5. The summed E-state index contributed by atoms with van der Waals surface area (Å²) in [5, 5.41) is 44.0. The van der Waals surface area contributed by atoms with Gasteiger partial charge in [-0.3, -0.25) is 45.5 Å². The number of nitrogens with one attached hydrogen (secondary N) is 6. The Morgan fingerprint density at radius 3 is 1.13 bits per heavy atom. The van der Waals surface area contributed by atoms with Gasteiger partial charge in [0.2, 0.25) is 11.8 Å². The number of pyridine rings is 6. The molecule has 6 N–H and O–H groups in total. The second-order valence-corrected chi connectivity index (χ2v) is 27.8. The molecule has 29 heteroatoms. The van der Waals surface area contributed by atoms with Gasteiger partial charge in [0, 0.05) is 162 Å². The molecule has 0 fully saturated rings. The third-order valence-electron chi connectivity index (χ3n) is 17.3. The number of aromatic nitrogens is 18. The molecule has 0 radical (unpaired) electrons. The summed E-state index contributed by atoms with van der Waals surface area (Å²) in [5.74, 6) is 0.807. The van der Waals surface area contributed by atoms with Crippen LogP contribution in [0.25, 0.3) is 67.5 Å². The average Bonchev–Trinajstić information content (AvgIpc) is 0.954. The van der Waals surface area contributed by atoms with Crippen molar-refractivity contribution in [3.05, 3.63) is 202 Å². The van der Waals surface area contributed by atoms with E-state index in [4.69, 9.17) is 32.7 Å². The molecule has 12 heterocycles. The molecule has 12 aromatic rings. The van der Waals surface area contributed by atoms with Crippen LogP contribution in [0.3, 0.4) is 0 Å². The SMILES string of the molecule is CCCN(C)Cc1cn[nH]c1-c1cc(OC)ncc1Cl.CCCN(C)Cc1cn[nH]c1-c1cccnc1.CCCN(C)Cc1cn[nH]c1-c1ccnc(OC)c1.CCCN(C)Cc1cn[nH]c1-c1ccncc1.CCCN(C)Cc1cn[nH]c1-c1cnc(Cl)c(C)c1.CCCN(C)Cc1cn[nH]c1-c1cncc(F)c1. The molecule has 0 amide bonds. The Balaban J connectivity index is 0.000000184. The van der Waals surface area contributed by atoms with Gasteiger partial charge in [0.15, 0.2) is 0 Å². The molecule has 12 aromatic heterocycles. The van der Waals surface area contributed by atoms with E-state index in [0.717, 1.165) is 195 Å². The number of methoxy groups -OCH3 is 2. The zero-order valence-electron chi connectivity index (χ0n) is 66.6.